The van der Waals surface area contributed by atoms with Crippen LogP contribution >= 0.6 is 0 Å². The van der Waals surface area contributed by atoms with Crippen LogP contribution in [0.5, 0.6) is 0 Å². The van der Waals surface area contributed by atoms with Crippen molar-refractivity contribution in [2.24, 2.45) is 5.92 Å². The van der Waals surface area contributed by atoms with Gasteiger partial charge in [-0.3, -0.25) is 0 Å². The van der Waals surface area contributed by atoms with Crippen molar-refractivity contribution in [1.29, 1.82) is 0 Å². The first kappa shape index (κ1) is 9.01. The first-order valence-corrected chi connectivity index (χ1v) is 4.56. The minimum Gasteiger partial charge on any atom is -0.353 e. The van der Waals surface area contributed by atoms with Crippen molar-refractivity contribution in [1.82, 2.24) is 0 Å². The van der Waals surface area contributed by atoms with E-state index in [0.717, 1.165) is 13.2 Å². The van der Waals surface area contributed by atoms with Crippen molar-refractivity contribution in [3.63, 3.8) is 0 Å². The van der Waals surface area contributed by atoms with E-state index < -0.39 is 0 Å². The zero-order valence-electron chi connectivity index (χ0n) is 7.51. The van der Waals surface area contributed by atoms with E-state index in [1.165, 1.54) is 19.3 Å². The molecular weight excluding hydrogens is 140 g/mol. The van der Waals surface area contributed by atoms with E-state index in [0.29, 0.717) is 5.92 Å². The fourth-order valence-corrected chi connectivity index (χ4v) is 1.30. The quantitative estimate of drug-likeness (QED) is 0.626. The Kier molecular flexibility index (Phi) is 3.87. The van der Waals surface area contributed by atoms with E-state index >= 15 is 0 Å². The van der Waals surface area contributed by atoms with Gasteiger partial charge in [-0.25, -0.2) is 0 Å². The largest absolute Gasteiger partial charge is 0.353 e. The lowest BCUT2D eigenvalue weighted by molar-refractivity contribution is -0.191. The van der Waals surface area contributed by atoms with Gasteiger partial charge in [-0.15, -0.1) is 0 Å². The zero-order valence-corrected chi connectivity index (χ0v) is 7.51. The predicted molar refractivity (Wildman–Crippen MR) is 44.4 cm³/mol. The summed E-state index contributed by atoms with van der Waals surface area (Å²) in [5.74, 6) is 0.645. The molecule has 0 bridgehead atoms. The first-order chi connectivity index (χ1) is 5.33. The summed E-state index contributed by atoms with van der Waals surface area (Å²) in [6.45, 7) is 5.95. The lowest BCUT2D eigenvalue weighted by Crippen LogP contribution is -2.29. The molecule has 11 heavy (non-hydrogen) atoms. The van der Waals surface area contributed by atoms with E-state index in [1.807, 2.05) is 6.92 Å². The Morgan fingerprint density at radius 1 is 1.27 bits per heavy atom. The number of unbranched alkanes of at least 4 members (excludes halogenated alkanes) is 1. The molecule has 1 aliphatic rings. The molecule has 0 aromatic heterocycles. The molecule has 0 aromatic carbocycles. The van der Waals surface area contributed by atoms with Gasteiger partial charge in [0, 0.05) is 5.92 Å². The van der Waals surface area contributed by atoms with E-state index in [1.54, 1.807) is 0 Å². The Hall–Kier alpha value is -0.0800. The molecular formula is C9H18O2. The monoisotopic (exact) mass is 158 g/mol. The van der Waals surface area contributed by atoms with Crippen molar-refractivity contribution < 1.29 is 9.47 Å². The average molecular weight is 158 g/mol. The van der Waals surface area contributed by atoms with Gasteiger partial charge < -0.3 is 9.47 Å². The Morgan fingerprint density at radius 2 is 1.91 bits per heavy atom. The summed E-state index contributed by atoms with van der Waals surface area (Å²) < 4.78 is 10.7. The molecule has 0 N–H and O–H groups in total. The Morgan fingerprint density at radius 3 is 2.45 bits per heavy atom. The summed E-state index contributed by atoms with van der Waals surface area (Å²) in [4.78, 5) is 0. The van der Waals surface area contributed by atoms with Gasteiger partial charge in [0.15, 0.2) is 6.29 Å². The summed E-state index contributed by atoms with van der Waals surface area (Å²) in [7, 11) is 0. The topological polar surface area (TPSA) is 18.5 Å². The van der Waals surface area contributed by atoms with Crippen LogP contribution in [0.25, 0.3) is 0 Å². The normalized spacial score (nSPS) is 32.2. The minimum atomic E-state index is 0.0212. The third kappa shape index (κ3) is 3.21. The van der Waals surface area contributed by atoms with Crippen LogP contribution in [0, 0.1) is 5.92 Å². The highest BCUT2D eigenvalue weighted by molar-refractivity contribution is 4.61. The van der Waals surface area contributed by atoms with E-state index in [-0.39, 0.29) is 6.29 Å². The van der Waals surface area contributed by atoms with Gasteiger partial charge in [0.25, 0.3) is 0 Å². The maximum atomic E-state index is 5.37. The summed E-state index contributed by atoms with van der Waals surface area (Å²) >= 11 is 0. The highest BCUT2D eigenvalue weighted by atomic mass is 16.7. The molecule has 1 aliphatic heterocycles. The van der Waals surface area contributed by atoms with Gasteiger partial charge in [-0.05, 0) is 13.3 Å². The lowest BCUT2D eigenvalue weighted by Gasteiger charge is -2.26. The van der Waals surface area contributed by atoms with Crippen molar-refractivity contribution >= 4 is 0 Å². The van der Waals surface area contributed by atoms with Gasteiger partial charge in [0.2, 0.25) is 0 Å². The standard InChI is InChI=1S/C9H18O2/c1-3-4-5-9-6-10-8(2)11-7-9/h8-9H,3-7H2,1-2H3. The van der Waals surface area contributed by atoms with Crippen LogP contribution < -0.4 is 0 Å². The summed E-state index contributed by atoms with van der Waals surface area (Å²) in [6.07, 6.45) is 3.84. The highest BCUT2D eigenvalue weighted by Gasteiger charge is 2.17. The molecule has 0 radical (unpaired) electrons. The molecule has 0 amide bonds. The van der Waals surface area contributed by atoms with Crippen molar-refractivity contribution in [3.05, 3.63) is 0 Å². The molecule has 0 aliphatic carbocycles. The van der Waals surface area contributed by atoms with Gasteiger partial charge in [-0.2, -0.15) is 0 Å². The predicted octanol–water partition coefficient (Wildman–Crippen LogP) is 2.19. The molecule has 0 unspecified atom stereocenters. The van der Waals surface area contributed by atoms with Crippen LogP contribution in [-0.2, 0) is 9.47 Å². The summed E-state index contributed by atoms with van der Waals surface area (Å²) in [5.41, 5.74) is 0. The second-order valence-electron chi connectivity index (χ2n) is 3.24. The molecule has 1 heterocycles. The maximum absolute atomic E-state index is 5.37. The highest BCUT2D eigenvalue weighted by Crippen LogP contribution is 2.16. The third-order valence-corrected chi connectivity index (χ3v) is 2.10. The molecule has 0 atom stereocenters. The number of hydrogen-bond donors (Lipinski definition) is 0. The van der Waals surface area contributed by atoms with Crippen LogP contribution in [-0.4, -0.2) is 19.5 Å². The van der Waals surface area contributed by atoms with Crippen molar-refractivity contribution in [2.45, 2.75) is 39.4 Å². The fraction of sp³-hybridized carbons (Fsp3) is 1.00. The Balaban J connectivity index is 2.07. The van der Waals surface area contributed by atoms with Gasteiger partial charge in [0.05, 0.1) is 13.2 Å². The second-order valence-corrected chi connectivity index (χ2v) is 3.24. The molecule has 1 fully saturated rings. The van der Waals surface area contributed by atoms with Gasteiger partial charge in [-0.1, -0.05) is 19.8 Å². The third-order valence-electron chi connectivity index (χ3n) is 2.10. The molecule has 0 aromatic rings. The molecule has 2 nitrogen and oxygen atoms in total. The van der Waals surface area contributed by atoms with E-state index in [4.69, 9.17) is 9.47 Å². The molecule has 0 spiro atoms. The van der Waals surface area contributed by atoms with Crippen LogP contribution in [0.1, 0.15) is 33.1 Å². The minimum absolute atomic E-state index is 0.0212. The number of hydrogen-bond acceptors (Lipinski definition) is 2. The second kappa shape index (κ2) is 4.73. The SMILES string of the molecule is CCCCC1COC(C)OC1. The molecule has 1 saturated heterocycles. The zero-order chi connectivity index (χ0) is 8.10. The number of ether oxygens (including phenoxy) is 2. The average Bonchev–Trinajstić information content (AvgIpc) is 2.04. The molecule has 66 valence electrons. The molecule has 2 heteroatoms. The maximum Gasteiger partial charge on any atom is 0.154 e. The van der Waals surface area contributed by atoms with Crippen molar-refractivity contribution in [2.75, 3.05) is 13.2 Å². The smallest absolute Gasteiger partial charge is 0.154 e. The van der Waals surface area contributed by atoms with Crippen LogP contribution in [0.2, 0.25) is 0 Å². The summed E-state index contributed by atoms with van der Waals surface area (Å²) in [6, 6.07) is 0. The van der Waals surface area contributed by atoms with Gasteiger partial charge in [0.1, 0.15) is 0 Å². The fourth-order valence-electron chi connectivity index (χ4n) is 1.30. The Labute approximate surface area is 68.9 Å². The van der Waals surface area contributed by atoms with Crippen LogP contribution in [0.4, 0.5) is 0 Å². The first-order valence-electron chi connectivity index (χ1n) is 4.56. The van der Waals surface area contributed by atoms with Crippen molar-refractivity contribution in [3.8, 4) is 0 Å². The van der Waals surface area contributed by atoms with Gasteiger partial charge >= 0.3 is 0 Å². The molecule has 0 saturated carbocycles. The number of rotatable bonds is 3. The van der Waals surface area contributed by atoms with E-state index in [2.05, 4.69) is 6.92 Å². The summed E-state index contributed by atoms with van der Waals surface area (Å²) in [5, 5.41) is 0. The molecule has 1 rings (SSSR count). The van der Waals surface area contributed by atoms with Crippen LogP contribution in [0.3, 0.4) is 0 Å². The van der Waals surface area contributed by atoms with Crippen LogP contribution in [0.15, 0.2) is 0 Å². The van der Waals surface area contributed by atoms with E-state index in [9.17, 15) is 0 Å². The Bertz CT molecular complexity index is 93.0. The lowest BCUT2D eigenvalue weighted by atomic mass is 10.0.